The Hall–Kier alpha value is -1.06. The van der Waals surface area contributed by atoms with Gasteiger partial charge in [0.2, 0.25) is 0 Å². The molecule has 1 aromatic heterocycles. The lowest BCUT2D eigenvalue weighted by atomic mass is 9.98. The molecule has 0 aliphatic carbocycles. The molecule has 0 saturated carbocycles. The minimum absolute atomic E-state index is 0.167. The Bertz CT molecular complexity index is 995. The molecule has 30 heavy (non-hydrogen) atoms. The Morgan fingerprint density at radius 2 is 1.87 bits per heavy atom. The number of aliphatic hydroxyl groups is 1. The van der Waals surface area contributed by atoms with Crippen LogP contribution in [0.1, 0.15) is 13.2 Å². The second-order valence-corrected chi connectivity index (χ2v) is 10.5. The molecular formula is C10H17FN3O13P3. The number of anilines is 1. The van der Waals surface area contributed by atoms with Crippen LogP contribution < -0.4 is 11.4 Å². The van der Waals surface area contributed by atoms with E-state index in [4.69, 9.17) is 25.2 Å². The lowest BCUT2D eigenvalue weighted by Crippen LogP contribution is -2.43. The normalized spacial score (nSPS) is 31.2. The topological polar surface area (TPSA) is 250 Å². The fourth-order valence-electron chi connectivity index (χ4n) is 2.43. The first-order chi connectivity index (χ1) is 13.4. The van der Waals surface area contributed by atoms with Gasteiger partial charge >= 0.3 is 29.2 Å². The molecule has 3 unspecified atom stereocenters. The first-order valence-electron chi connectivity index (χ1n) is 7.59. The summed E-state index contributed by atoms with van der Waals surface area (Å²) in [5.74, 6) is -0.167. The summed E-state index contributed by atoms with van der Waals surface area (Å²) in [6, 6.07) is 1.15. The number of halogens is 1. The molecule has 1 aromatic rings. The quantitative estimate of drug-likeness (QED) is 0.238. The average Bonchev–Trinajstić information content (AvgIpc) is 2.73. The van der Waals surface area contributed by atoms with E-state index >= 15 is 0 Å². The molecule has 1 saturated heterocycles. The lowest BCUT2D eigenvalue weighted by molar-refractivity contribution is -0.0603. The van der Waals surface area contributed by atoms with Crippen LogP contribution in [0, 0.1) is 0 Å². The van der Waals surface area contributed by atoms with Crippen molar-refractivity contribution < 1.29 is 60.6 Å². The van der Waals surface area contributed by atoms with E-state index in [0.717, 1.165) is 19.2 Å². The Kier molecular flexibility index (Phi) is 7.11. The van der Waals surface area contributed by atoms with Crippen LogP contribution in [0.15, 0.2) is 17.1 Å². The molecule has 0 aromatic carbocycles. The van der Waals surface area contributed by atoms with Gasteiger partial charge in [-0.05, 0) is 13.0 Å². The maximum absolute atomic E-state index is 15.0. The fraction of sp³-hybridized carbons (Fsp3) is 0.600. The highest BCUT2D eigenvalue weighted by molar-refractivity contribution is 7.66. The van der Waals surface area contributed by atoms with Crippen molar-refractivity contribution in [3.05, 3.63) is 22.7 Å². The van der Waals surface area contributed by atoms with Gasteiger partial charge in [-0.15, -0.1) is 0 Å². The third kappa shape index (κ3) is 6.23. The fourth-order valence-corrected chi connectivity index (χ4v) is 5.46. The van der Waals surface area contributed by atoms with Crippen molar-refractivity contribution in [1.82, 2.24) is 9.55 Å². The van der Waals surface area contributed by atoms with E-state index < -0.39 is 59.9 Å². The maximum Gasteiger partial charge on any atom is 0.490 e. The second kappa shape index (κ2) is 8.47. The van der Waals surface area contributed by atoms with Crippen molar-refractivity contribution in [2.75, 3.05) is 12.3 Å². The number of phosphoric acid groups is 3. The summed E-state index contributed by atoms with van der Waals surface area (Å²) >= 11 is 0. The number of aromatic nitrogens is 2. The van der Waals surface area contributed by atoms with E-state index in [1.54, 1.807) is 0 Å². The number of aliphatic hydroxyl groups excluding tert-OH is 1. The number of alkyl halides is 1. The van der Waals surface area contributed by atoms with Gasteiger partial charge in [0.15, 0.2) is 11.9 Å². The van der Waals surface area contributed by atoms with Crippen molar-refractivity contribution in [3.8, 4) is 0 Å². The zero-order valence-corrected chi connectivity index (χ0v) is 17.5. The first-order valence-corrected chi connectivity index (χ1v) is 12.1. The summed E-state index contributed by atoms with van der Waals surface area (Å²) in [7, 11) is -16.9. The van der Waals surface area contributed by atoms with Crippen LogP contribution in [0.3, 0.4) is 0 Å². The van der Waals surface area contributed by atoms with Crippen molar-refractivity contribution in [3.63, 3.8) is 0 Å². The number of nitrogen functional groups attached to an aromatic ring is 1. The average molecular weight is 499 g/mol. The van der Waals surface area contributed by atoms with E-state index in [1.807, 2.05) is 0 Å². The monoisotopic (exact) mass is 499 g/mol. The zero-order valence-electron chi connectivity index (χ0n) is 14.8. The van der Waals surface area contributed by atoms with Gasteiger partial charge in [0, 0.05) is 6.20 Å². The molecule has 1 aliphatic heterocycles. The van der Waals surface area contributed by atoms with E-state index in [1.165, 1.54) is 0 Å². The number of nitrogens with two attached hydrogens (primary N) is 1. The molecule has 0 amide bonds. The lowest BCUT2D eigenvalue weighted by Gasteiger charge is -2.24. The largest absolute Gasteiger partial charge is 0.490 e. The molecule has 16 nitrogen and oxygen atoms in total. The predicted octanol–water partition coefficient (Wildman–Crippen LogP) is -0.845. The third-order valence-corrected chi connectivity index (χ3v) is 7.44. The molecule has 6 atom stereocenters. The zero-order chi connectivity index (χ0) is 23.1. The van der Waals surface area contributed by atoms with Gasteiger partial charge in [-0.3, -0.25) is 9.09 Å². The molecule has 2 rings (SSSR count). The van der Waals surface area contributed by atoms with Gasteiger partial charge in [0.05, 0.1) is 6.61 Å². The smallest absolute Gasteiger partial charge is 0.387 e. The molecule has 0 radical (unpaired) electrons. The van der Waals surface area contributed by atoms with Crippen LogP contribution >= 0.6 is 23.5 Å². The molecule has 172 valence electrons. The summed E-state index contributed by atoms with van der Waals surface area (Å²) in [4.78, 5) is 50.6. The number of hydrogen-bond acceptors (Lipinski definition) is 11. The molecule has 2 heterocycles. The van der Waals surface area contributed by atoms with Crippen LogP contribution in [-0.2, 0) is 31.6 Å². The van der Waals surface area contributed by atoms with Crippen LogP contribution in [0.2, 0.25) is 0 Å². The SMILES string of the molecule is C[C@@]1(F)C(O)[C@@H](COP(=O)(O)OP(=O)(O)OP(=O)(O)O)O[C@H]1n1ccc(N)nc1=O. The van der Waals surface area contributed by atoms with E-state index in [2.05, 4.69) is 18.1 Å². The summed E-state index contributed by atoms with van der Waals surface area (Å²) in [6.07, 6.45) is -4.45. The minimum atomic E-state index is -5.75. The van der Waals surface area contributed by atoms with E-state index in [9.17, 15) is 32.9 Å². The summed E-state index contributed by atoms with van der Waals surface area (Å²) < 4.78 is 65.7. The number of phosphoric ester groups is 1. The van der Waals surface area contributed by atoms with Crippen molar-refractivity contribution in [1.29, 1.82) is 0 Å². The molecule has 1 aliphatic rings. The third-order valence-electron chi connectivity index (χ3n) is 3.64. The van der Waals surface area contributed by atoms with Gasteiger partial charge in [0.25, 0.3) is 0 Å². The van der Waals surface area contributed by atoms with Crippen molar-refractivity contribution >= 4 is 29.3 Å². The van der Waals surface area contributed by atoms with Gasteiger partial charge in [-0.1, -0.05) is 0 Å². The predicted molar refractivity (Wildman–Crippen MR) is 92.2 cm³/mol. The highest BCUT2D eigenvalue weighted by atomic mass is 31.3. The van der Waals surface area contributed by atoms with E-state index in [0.29, 0.717) is 4.57 Å². The van der Waals surface area contributed by atoms with Crippen LogP contribution in [0.4, 0.5) is 10.2 Å². The molecular weight excluding hydrogens is 482 g/mol. The number of hydrogen-bond donors (Lipinski definition) is 6. The molecule has 0 spiro atoms. The van der Waals surface area contributed by atoms with Crippen molar-refractivity contribution in [2.24, 2.45) is 0 Å². The molecule has 7 N–H and O–H groups in total. The van der Waals surface area contributed by atoms with Crippen LogP contribution in [-0.4, -0.2) is 58.7 Å². The maximum atomic E-state index is 15.0. The Morgan fingerprint density at radius 3 is 2.40 bits per heavy atom. The van der Waals surface area contributed by atoms with Crippen LogP contribution in [0.25, 0.3) is 0 Å². The number of nitrogens with zero attached hydrogens (tertiary/aromatic N) is 2. The highest BCUT2D eigenvalue weighted by Crippen LogP contribution is 2.66. The number of rotatable bonds is 8. The summed E-state index contributed by atoms with van der Waals surface area (Å²) in [5, 5.41) is 10.1. The summed E-state index contributed by atoms with van der Waals surface area (Å²) in [6.45, 7) is -0.256. The second-order valence-electron chi connectivity index (χ2n) is 6.05. The Labute approximate surface area is 166 Å². The molecule has 20 heteroatoms. The highest BCUT2D eigenvalue weighted by Gasteiger charge is 2.56. The van der Waals surface area contributed by atoms with E-state index in [-0.39, 0.29) is 5.82 Å². The van der Waals surface area contributed by atoms with Gasteiger partial charge in [-0.2, -0.15) is 13.6 Å². The van der Waals surface area contributed by atoms with Gasteiger partial charge in [-0.25, -0.2) is 22.9 Å². The standard InChI is InChI=1S/C10H17FN3O13P3/c1-10(11)7(15)5(25-8(10)14-3-2-6(12)13-9(14)16)4-24-29(20,21)27-30(22,23)26-28(17,18)19/h2-3,5,7-8,15H,4H2,1H3,(H,20,21)(H,22,23)(H2,12,13,16)(H2,17,18,19)/t5-,7?,8-,10-/m1/s1. The van der Waals surface area contributed by atoms with Crippen molar-refractivity contribution in [2.45, 2.75) is 31.0 Å². The van der Waals surface area contributed by atoms with Gasteiger partial charge < -0.3 is 35.2 Å². The summed E-state index contributed by atoms with van der Waals surface area (Å²) in [5.41, 5.74) is 1.67. The Balaban J connectivity index is 2.12. The Morgan fingerprint density at radius 1 is 1.27 bits per heavy atom. The first kappa shape index (κ1) is 25.2. The molecule has 1 fully saturated rings. The molecule has 0 bridgehead atoms. The minimum Gasteiger partial charge on any atom is -0.387 e. The van der Waals surface area contributed by atoms with Gasteiger partial charge in [0.1, 0.15) is 18.0 Å². The number of ether oxygens (including phenoxy) is 1. The van der Waals surface area contributed by atoms with Crippen LogP contribution in [0.5, 0.6) is 0 Å².